The summed E-state index contributed by atoms with van der Waals surface area (Å²) in [6.07, 6.45) is 1.80. The molecule has 2 aromatic heterocycles. The second kappa shape index (κ2) is 10.1. The third-order valence-corrected chi connectivity index (χ3v) is 6.52. The number of aryl methyl sites for hydroxylation is 2. The number of benzene rings is 3. The number of carbonyl (C=O) groups is 2. The highest BCUT2D eigenvalue weighted by Gasteiger charge is 2.17. The number of rotatable bonds is 6. The van der Waals surface area contributed by atoms with E-state index >= 15 is 0 Å². The first-order chi connectivity index (χ1) is 18.3. The molecule has 0 saturated heterocycles. The first-order valence-corrected chi connectivity index (χ1v) is 12.1. The Hall–Kier alpha value is -5.11. The van der Waals surface area contributed by atoms with Crippen LogP contribution in [0.3, 0.4) is 0 Å². The Kier molecular flexibility index (Phi) is 6.53. The predicted molar refractivity (Wildman–Crippen MR) is 150 cm³/mol. The molecule has 2 amide bonds. The van der Waals surface area contributed by atoms with E-state index in [0.717, 1.165) is 22.3 Å². The Morgan fingerprint density at radius 1 is 0.921 bits per heavy atom. The number of pyridine rings is 1. The Morgan fingerprint density at radius 2 is 1.63 bits per heavy atom. The van der Waals surface area contributed by atoms with Crippen molar-refractivity contribution < 1.29 is 9.59 Å². The molecule has 0 bridgehead atoms. The number of nitrogen functional groups attached to an aromatic ring is 1. The molecule has 8 nitrogen and oxygen atoms in total. The van der Waals surface area contributed by atoms with E-state index in [2.05, 4.69) is 15.6 Å². The van der Waals surface area contributed by atoms with Crippen molar-refractivity contribution in [3.05, 3.63) is 118 Å². The molecule has 2 heterocycles. The Bertz CT molecular complexity index is 1730. The van der Waals surface area contributed by atoms with Gasteiger partial charge >= 0.3 is 0 Å². The van der Waals surface area contributed by atoms with Crippen LogP contribution in [0.15, 0.2) is 89.9 Å². The first kappa shape index (κ1) is 24.6. The highest BCUT2D eigenvalue weighted by atomic mass is 16.2. The van der Waals surface area contributed by atoms with Gasteiger partial charge in [0.1, 0.15) is 11.2 Å². The van der Waals surface area contributed by atoms with Crippen molar-refractivity contribution in [3.63, 3.8) is 0 Å². The maximum absolute atomic E-state index is 13.0. The number of nitrogens with two attached hydrogens (primary N) is 1. The number of aromatic amines is 1. The zero-order valence-corrected chi connectivity index (χ0v) is 21.0. The van der Waals surface area contributed by atoms with Crippen LogP contribution in [-0.2, 0) is 13.6 Å². The number of carbonyl (C=O) groups excluding carboxylic acids is 2. The molecular weight excluding hydrogens is 478 g/mol. The maximum atomic E-state index is 13.0. The van der Waals surface area contributed by atoms with Gasteiger partial charge in [-0.2, -0.15) is 0 Å². The molecular formula is C30H27N5O3. The number of nitrogens with zero attached hydrogens (tertiary/aromatic N) is 1. The van der Waals surface area contributed by atoms with Gasteiger partial charge in [-0.25, -0.2) is 0 Å². The van der Waals surface area contributed by atoms with Crippen molar-refractivity contribution in [2.24, 2.45) is 7.05 Å². The Balaban J connectivity index is 1.32. The van der Waals surface area contributed by atoms with Gasteiger partial charge in [-0.05, 0) is 53.9 Å². The molecule has 0 saturated carbocycles. The smallest absolute Gasteiger partial charge is 0.274 e. The van der Waals surface area contributed by atoms with Gasteiger partial charge in [-0.1, -0.05) is 48.5 Å². The fraction of sp³-hybridized carbons (Fsp3) is 0.100. The molecule has 8 heteroatoms. The fourth-order valence-corrected chi connectivity index (χ4v) is 4.40. The molecule has 5 aromatic rings. The van der Waals surface area contributed by atoms with E-state index in [0.29, 0.717) is 33.5 Å². The van der Waals surface area contributed by atoms with Crippen molar-refractivity contribution in [2.75, 3.05) is 11.1 Å². The van der Waals surface area contributed by atoms with Gasteiger partial charge in [0.25, 0.3) is 17.4 Å². The minimum Gasteiger partial charge on any atom is -0.397 e. The van der Waals surface area contributed by atoms with Crippen LogP contribution in [0.2, 0.25) is 0 Å². The highest BCUT2D eigenvalue weighted by Crippen LogP contribution is 2.29. The number of H-pyrrole nitrogens is 1. The molecule has 0 fully saturated rings. The molecule has 0 spiro atoms. The van der Waals surface area contributed by atoms with Crippen molar-refractivity contribution in [1.82, 2.24) is 14.9 Å². The largest absolute Gasteiger partial charge is 0.397 e. The lowest BCUT2D eigenvalue weighted by Crippen LogP contribution is -2.23. The third kappa shape index (κ3) is 4.79. The van der Waals surface area contributed by atoms with Gasteiger partial charge in [0.2, 0.25) is 0 Å². The quantitative estimate of drug-likeness (QED) is 0.252. The van der Waals surface area contributed by atoms with E-state index < -0.39 is 0 Å². The van der Waals surface area contributed by atoms with E-state index in [1.165, 1.54) is 4.57 Å². The molecule has 0 aliphatic heterocycles. The second-order valence-electron chi connectivity index (χ2n) is 9.17. The van der Waals surface area contributed by atoms with Crippen molar-refractivity contribution in [3.8, 4) is 11.1 Å². The van der Waals surface area contributed by atoms with E-state index in [4.69, 9.17) is 5.73 Å². The highest BCUT2D eigenvalue weighted by molar-refractivity contribution is 6.06. The fourth-order valence-electron chi connectivity index (χ4n) is 4.40. The standard InChI is InChI=1S/C30H27N5O3/c1-18-7-3-4-8-21(18)23-17-35(2)30(38)27-22(23)15-26(33-27)29(37)32-16-19-11-13-20(14-12-19)28(36)34-25-10-6-5-9-24(25)31/h3-15,17,33H,16,31H2,1-2H3,(H,32,37)(H,34,36). The molecule has 5 N–H and O–H groups in total. The van der Waals surface area contributed by atoms with E-state index in [1.807, 2.05) is 31.2 Å². The van der Waals surface area contributed by atoms with Gasteiger partial charge < -0.3 is 25.9 Å². The Morgan fingerprint density at radius 3 is 2.37 bits per heavy atom. The van der Waals surface area contributed by atoms with Gasteiger partial charge in [0.15, 0.2) is 0 Å². The number of aromatic nitrogens is 2. The van der Waals surface area contributed by atoms with Crippen LogP contribution in [0.5, 0.6) is 0 Å². The summed E-state index contributed by atoms with van der Waals surface area (Å²) in [6, 6.07) is 23.6. The first-order valence-electron chi connectivity index (χ1n) is 12.1. The van der Waals surface area contributed by atoms with Gasteiger partial charge in [-0.15, -0.1) is 0 Å². The number of hydrogen-bond acceptors (Lipinski definition) is 4. The third-order valence-electron chi connectivity index (χ3n) is 6.52. The minimum atomic E-state index is -0.333. The molecule has 0 aliphatic carbocycles. The van der Waals surface area contributed by atoms with Crippen LogP contribution < -0.4 is 21.9 Å². The molecule has 0 unspecified atom stereocenters. The van der Waals surface area contributed by atoms with Crippen LogP contribution >= 0.6 is 0 Å². The number of nitrogens with one attached hydrogen (secondary N) is 3. The molecule has 190 valence electrons. The summed E-state index contributed by atoms with van der Waals surface area (Å²) in [6.45, 7) is 2.27. The number of amides is 2. The summed E-state index contributed by atoms with van der Waals surface area (Å²) >= 11 is 0. The molecule has 0 atom stereocenters. The molecule has 38 heavy (non-hydrogen) atoms. The molecule has 0 radical (unpaired) electrons. The lowest BCUT2D eigenvalue weighted by atomic mass is 9.99. The average Bonchev–Trinajstić information content (AvgIpc) is 3.37. The number of para-hydroxylation sites is 2. The van der Waals surface area contributed by atoms with E-state index in [1.54, 1.807) is 67.8 Å². The number of hydrogen-bond donors (Lipinski definition) is 4. The molecule has 3 aromatic carbocycles. The monoisotopic (exact) mass is 505 g/mol. The lowest BCUT2D eigenvalue weighted by molar-refractivity contribution is 0.0945. The number of fused-ring (bicyclic) bond motifs is 1. The van der Waals surface area contributed by atoms with Gasteiger partial charge in [0, 0.05) is 36.3 Å². The summed E-state index contributed by atoms with van der Waals surface area (Å²) in [7, 11) is 1.70. The molecule has 5 rings (SSSR count). The number of anilines is 2. The topological polar surface area (TPSA) is 122 Å². The normalized spacial score (nSPS) is 10.9. The molecule has 0 aliphatic rings. The van der Waals surface area contributed by atoms with Crippen LogP contribution in [0.1, 0.15) is 32.0 Å². The minimum absolute atomic E-state index is 0.206. The van der Waals surface area contributed by atoms with Crippen LogP contribution in [0.25, 0.3) is 22.0 Å². The summed E-state index contributed by atoms with van der Waals surface area (Å²) in [5.74, 6) is -0.608. The zero-order valence-electron chi connectivity index (χ0n) is 21.0. The maximum Gasteiger partial charge on any atom is 0.274 e. The van der Waals surface area contributed by atoms with Crippen LogP contribution in [0, 0.1) is 6.92 Å². The summed E-state index contributed by atoms with van der Waals surface area (Å²) in [4.78, 5) is 41.3. The van der Waals surface area contributed by atoms with Crippen molar-refractivity contribution in [1.29, 1.82) is 0 Å². The Labute approximate surface area is 219 Å². The second-order valence-corrected chi connectivity index (χ2v) is 9.17. The van der Waals surface area contributed by atoms with Gasteiger partial charge in [-0.3, -0.25) is 14.4 Å². The average molecular weight is 506 g/mol. The van der Waals surface area contributed by atoms with Crippen LogP contribution in [0.4, 0.5) is 11.4 Å². The summed E-state index contributed by atoms with van der Waals surface area (Å²) in [5.41, 5.74) is 11.6. The van der Waals surface area contributed by atoms with Crippen molar-refractivity contribution >= 4 is 34.1 Å². The van der Waals surface area contributed by atoms with Gasteiger partial charge in [0.05, 0.1) is 11.4 Å². The van der Waals surface area contributed by atoms with E-state index in [9.17, 15) is 14.4 Å². The lowest BCUT2D eigenvalue weighted by Gasteiger charge is -2.09. The van der Waals surface area contributed by atoms with E-state index in [-0.39, 0.29) is 23.9 Å². The predicted octanol–water partition coefficient (Wildman–Crippen LogP) is 4.61. The van der Waals surface area contributed by atoms with Crippen molar-refractivity contribution in [2.45, 2.75) is 13.5 Å². The zero-order chi connectivity index (χ0) is 26.8. The summed E-state index contributed by atoms with van der Waals surface area (Å²) in [5, 5.41) is 6.37. The summed E-state index contributed by atoms with van der Waals surface area (Å²) < 4.78 is 1.52. The van der Waals surface area contributed by atoms with Crippen LogP contribution in [-0.4, -0.2) is 21.4 Å². The SMILES string of the molecule is Cc1ccccc1-c1cn(C)c(=O)c2[nH]c(C(=O)NCc3ccc(C(=O)Nc4ccccc4N)cc3)cc12.